The number of carbonyl (C=O) groups is 5. The first-order valence-electron chi connectivity index (χ1n) is 10.9. The fourth-order valence-corrected chi connectivity index (χ4v) is 4.88. The SMILES string of the molecule is NC(=O)CCC(N)C(=O)N1CCCC1C(=O)N1CCCC1C(=O)N1CCCC1C(=O)O. The number of carbonyl (C=O) groups excluding carboxylic acids is 4. The van der Waals surface area contributed by atoms with E-state index >= 15 is 0 Å². The highest BCUT2D eigenvalue weighted by atomic mass is 16.4. The molecule has 0 aromatic rings. The first-order valence-corrected chi connectivity index (χ1v) is 10.9. The van der Waals surface area contributed by atoms with Gasteiger partial charge in [-0.15, -0.1) is 0 Å². The average molecular weight is 437 g/mol. The quantitative estimate of drug-likeness (QED) is 0.442. The molecule has 3 fully saturated rings. The normalized spacial score (nSPS) is 26.9. The highest BCUT2D eigenvalue weighted by Crippen LogP contribution is 2.28. The van der Waals surface area contributed by atoms with Crippen LogP contribution in [0.15, 0.2) is 0 Å². The topological polar surface area (TPSA) is 167 Å². The zero-order valence-electron chi connectivity index (χ0n) is 17.6. The number of primary amides is 1. The minimum absolute atomic E-state index is 0.0113. The van der Waals surface area contributed by atoms with E-state index in [0.29, 0.717) is 58.2 Å². The van der Waals surface area contributed by atoms with Crippen molar-refractivity contribution in [3.63, 3.8) is 0 Å². The van der Waals surface area contributed by atoms with Gasteiger partial charge in [0.15, 0.2) is 0 Å². The molecule has 0 bridgehead atoms. The summed E-state index contributed by atoms with van der Waals surface area (Å²) in [7, 11) is 0. The van der Waals surface area contributed by atoms with E-state index in [0.717, 1.165) is 0 Å². The number of carboxylic acid groups (broad SMARTS) is 1. The van der Waals surface area contributed by atoms with E-state index in [4.69, 9.17) is 11.5 Å². The molecule has 0 saturated carbocycles. The molecule has 11 nitrogen and oxygen atoms in total. The highest BCUT2D eigenvalue weighted by Gasteiger charge is 2.45. The summed E-state index contributed by atoms with van der Waals surface area (Å²) >= 11 is 0. The molecule has 172 valence electrons. The lowest BCUT2D eigenvalue weighted by molar-refractivity contribution is -0.153. The van der Waals surface area contributed by atoms with Crippen LogP contribution in [0.4, 0.5) is 0 Å². The standard InChI is InChI=1S/C20H31N5O6/c21-12(7-8-16(22)26)17(27)23-9-1-4-13(23)18(28)24-10-2-5-14(24)19(29)25-11-3-6-15(25)20(30)31/h12-15H,1-11,21H2,(H2,22,26)(H,30,31). The number of hydrogen-bond acceptors (Lipinski definition) is 6. The molecule has 3 saturated heterocycles. The Balaban J connectivity index is 1.69. The number of likely N-dealkylation sites (tertiary alicyclic amines) is 3. The molecule has 0 radical (unpaired) electrons. The first-order chi connectivity index (χ1) is 14.7. The third-order valence-electron chi connectivity index (χ3n) is 6.48. The lowest BCUT2D eigenvalue weighted by Crippen LogP contribution is -2.56. The monoisotopic (exact) mass is 437 g/mol. The van der Waals surface area contributed by atoms with Gasteiger partial charge in [0.1, 0.15) is 18.1 Å². The Bertz CT molecular complexity index is 758. The molecule has 11 heteroatoms. The third kappa shape index (κ3) is 4.81. The third-order valence-corrected chi connectivity index (χ3v) is 6.48. The van der Waals surface area contributed by atoms with Crippen LogP contribution in [0.3, 0.4) is 0 Å². The zero-order chi connectivity index (χ0) is 22.7. The van der Waals surface area contributed by atoms with Crippen LogP contribution in [0.25, 0.3) is 0 Å². The maximum atomic E-state index is 13.3. The first kappa shape index (κ1) is 23.0. The molecule has 0 aromatic carbocycles. The molecule has 3 aliphatic heterocycles. The Hall–Kier alpha value is -2.69. The smallest absolute Gasteiger partial charge is 0.326 e. The highest BCUT2D eigenvalue weighted by molar-refractivity contribution is 5.95. The lowest BCUT2D eigenvalue weighted by Gasteiger charge is -2.34. The molecule has 3 heterocycles. The molecule has 3 rings (SSSR count). The second kappa shape index (κ2) is 9.63. The Morgan fingerprint density at radius 2 is 1.26 bits per heavy atom. The maximum absolute atomic E-state index is 13.3. The zero-order valence-corrected chi connectivity index (χ0v) is 17.6. The van der Waals surface area contributed by atoms with E-state index in [9.17, 15) is 29.1 Å². The second-order valence-corrected chi connectivity index (χ2v) is 8.52. The molecule has 4 atom stereocenters. The number of hydrogen-bond donors (Lipinski definition) is 3. The minimum atomic E-state index is -1.03. The van der Waals surface area contributed by atoms with Crippen molar-refractivity contribution in [2.45, 2.75) is 75.5 Å². The van der Waals surface area contributed by atoms with Gasteiger partial charge in [-0.25, -0.2) is 4.79 Å². The Morgan fingerprint density at radius 1 is 0.806 bits per heavy atom. The number of rotatable bonds is 7. The van der Waals surface area contributed by atoms with Crippen molar-refractivity contribution in [3.05, 3.63) is 0 Å². The Kier molecular flexibility index (Phi) is 7.14. The van der Waals surface area contributed by atoms with Gasteiger partial charge < -0.3 is 31.3 Å². The maximum Gasteiger partial charge on any atom is 0.326 e. The summed E-state index contributed by atoms with van der Waals surface area (Å²) in [5, 5.41) is 9.39. The van der Waals surface area contributed by atoms with E-state index < -0.39 is 42.0 Å². The number of nitrogens with zero attached hydrogens (tertiary/aromatic N) is 3. The van der Waals surface area contributed by atoms with Crippen LogP contribution in [0.5, 0.6) is 0 Å². The van der Waals surface area contributed by atoms with Crippen molar-refractivity contribution in [2.75, 3.05) is 19.6 Å². The van der Waals surface area contributed by atoms with Gasteiger partial charge in [0, 0.05) is 26.1 Å². The van der Waals surface area contributed by atoms with Gasteiger partial charge >= 0.3 is 5.97 Å². The molecule has 0 aromatic heterocycles. The van der Waals surface area contributed by atoms with Crippen LogP contribution in [0, 0.1) is 0 Å². The lowest BCUT2D eigenvalue weighted by atomic mass is 10.1. The van der Waals surface area contributed by atoms with Crippen LogP contribution in [-0.2, 0) is 24.0 Å². The number of amides is 4. The molecule has 31 heavy (non-hydrogen) atoms. The van der Waals surface area contributed by atoms with Crippen molar-refractivity contribution in [1.82, 2.24) is 14.7 Å². The second-order valence-electron chi connectivity index (χ2n) is 8.52. The summed E-state index contributed by atoms with van der Waals surface area (Å²) in [5.41, 5.74) is 11.0. The van der Waals surface area contributed by atoms with Crippen LogP contribution in [0.2, 0.25) is 0 Å². The summed E-state index contributed by atoms with van der Waals surface area (Å²) in [4.78, 5) is 66.0. The van der Waals surface area contributed by atoms with Crippen LogP contribution in [0.1, 0.15) is 51.4 Å². The van der Waals surface area contributed by atoms with Gasteiger partial charge in [0.25, 0.3) is 0 Å². The number of aliphatic carboxylic acids is 1. The number of carboxylic acids is 1. The number of nitrogens with two attached hydrogens (primary N) is 2. The van der Waals surface area contributed by atoms with Gasteiger partial charge in [0.05, 0.1) is 6.04 Å². The summed E-state index contributed by atoms with van der Waals surface area (Å²) in [6, 6.07) is -3.17. The van der Waals surface area contributed by atoms with Crippen molar-refractivity contribution in [3.8, 4) is 0 Å². The van der Waals surface area contributed by atoms with Gasteiger partial charge in [0.2, 0.25) is 23.6 Å². The Labute approximate surface area is 180 Å². The minimum Gasteiger partial charge on any atom is -0.480 e. The molecule has 4 unspecified atom stereocenters. The predicted octanol–water partition coefficient (Wildman–Crippen LogP) is -1.36. The van der Waals surface area contributed by atoms with E-state index in [1.165, 1.54) is 14.7 Å². The van der Waals surface area contributed by atoms with Crippen molar-refractivity contribution in [2.24, 2.45) is 11.5 Å². The van der Waals surface area contributed by atoms with Gasteiger partial charge in [-0.1, -0.05) is 0 Å². The van der Waals surface area contributed by atoms with Crippen LogP contribution in [-0.4, -0.2) is 93.2 Å². The molecule has 0 aliphatic carbocycles. The predicted molar refractivity (Wildman–Crippen MR) is 108 cm³/mol. The summed E-state index contributed by atoms with van der Waals surface area (Å²) < 4.78 is 0. The molecule has 5 N–H and O–H groups in total. The van der Waals surface area contributed by atoms with Crippen LogP contribution >= 0.6 is 0 Å². The molecular formula is C20H31N5O6. The van der Waals surface area contributed by atoms with Gasteiger partial charge in [-0.2, -0.15) is 0 Å². The summed E-state index contributed by atoms with van der Waals surface area (Å²) in [6.07, 6.45) is 3.38. The fraction of sp³-hybridized carbons (Fsp3) is 0.750. The van der Waals surface area contributed by atoms with E-state index in [1.807, 2.05) is 0 Å². The molecule has 0 spiro atoms. The van der Waals surface area contributed by atoms with Gasteiger partial charge in [-0.3, -0.25) is 19.2 Å². The fourth-order valence-electron chi connectivity index (χ4n) is 4.88. The van der Waals surface area contributed by atoms with E-state index in [1.54, 1.807) is 0 Å². The Morgan fingerprint density at radius 3 is 1.77 bits per heavy atom. The van der Waals surface area contributed by atoms with Crippen molar-refractivity contribution in [1.29, 1.82) is 0 Å². The van der Waals surface area contributed by atoms with Crippen molar-refractivity contribution < 1.29 is 29.1 Å². The molecule has 3 aliphatic rings. The molecular weight excluding hydrogens is 406 g/mol. The largest absolute Gasteiger partial charge is 0.480 e. The van der Waals surface area contributed by atoms with Gasteiger partial charge in [-0.05, 0) is 44.9 Å². The summed E-state index contributed by atoms with van der Waals surface area (Å²) in [5.74, 6) is -2.60. The average Bonchev–Trinajstić information content (AvgIpc) is 3.49. The molecule has 4 amide bonds. The van der Waals surface area contributed by atoms with Crippen molar-refractivity contribution >= 4 is 29.6 Å². The van der Waals surface area contributed by atoms with E-state index in [2.05, 4.69) is 0 Å². The van der Waals surface area contributed by atoms with E-state index in [-0.39, 0.29) is 24.7 Å². The van der Waals surface area contributed by atoms with Crippen LogP contribution < -0.4 is 11.5 Å². The summed E-state index contributed by atoms with van der Waals surface area (Å²) in [6.45, 7) is 1.16.